The van der Waals surface area contributed by atoms with Gasteiger partial charge in [0, 0.05) is 35.4 Å². The number of carbonyl (C=O) groups excluding carboxylic acids is 1. The maximum absolute atomic E-state index is 11.2. The van der Waals surface area contributed by atoms with E-state index < -0.39 is 5.91 Å². The molecule has 28 heavy (non-hydrogen) atoms. The standard InChI is InChI=1S/C21H19N5OS/c1-28-16-7-5-14(6-8-16)13-26-10-9-17-18(3-2-4-19(17)26)25-21-23-11-15(12-24-21)20(22)27/h2-12H,13H2,1H3,(H2,22,27)(H,23,24,25). The van der Waals surface area contributed by atoms with E-state index in [0.29, 0.717) is 5.95 Å². The summed E-state index contributed by atoms with van der Waals surface area (Å²) >= 11 is 1.74. The van der Waals surface area contributed by atoms with Gasteiger partial charge in [0.15, 0.2) is 0 Å². The molecule has 3 N–H and O–H groups in total. The van der Waals surface area contributed by atoms with Crippen molar-refractivity contribution in [1.82, 2.24) is 14.5 Å². The molecule has 140 valence electrons. The van der Waals surface area contributed by atoms with Crippen LogP contribution in [0.5, 0.6) is 0 Å². The second-order valence-corrected chi connectivity index (χ2v) is 7.19. The van der Waals surface area contributed by atoms with E-state index in [1.807, 2.05) is 12.1 Å². The maximum atomic E-state index is 11.2. The molecule has 0 fully saturated rings. The van der Waals surface area contributed by atoms with Gasteiger partial charge < -0.3 is 15.6 Å². The summed E-state index contributed by atoms with van der Waals surface area (Å²) in [7, 11) is 0. The van der Waals surface area contributed by atoms with E-state index in [4.69, 9.17) is 5.73 Å². The zero-order valence-corrected chi connectivity index (χ0v) is 16.1. The van der Waals surface area contributed by atoms with E-state index in [9.17, 15) is 4.79 Å². The van der Waals surface area contributed by atoms with Gasteiger partial charge in [-0.2, -0.15) is 0 Å². The summed E-state index contributed by atoms with van der Waals surface area (Å²) in [4.78, 5) is 20.7. The van der Waals surface area contributed by atoms with Gasteiger partial charge in [-0.1, -0.05) is 18.2 Å². The molecular weight excluding hydrogens is 370 g/mol. The lowest BCUT2D eigenvalue weighted by molar-refractivity contribution is 0.0999. The van der Waals surface area contributed by atoms with Crippen LogP contribution in [-0.4, -0.2) is 26.7 Å². The van der Waals surface area contributed by atoms with Crippen LogP contribution in [0.3, 0.4) is 0 Å². The Morgan fingerprint density at radius 2 is 1.86 bits per heavy atom. The normalized spacial score (nSPS) is 10.9. The molecule has 2 aromatic carbocycles. The number of benzene rings is 2. The highest BCUT2D eigenvalue weighted by Gasteiger charge is 2.08. The van der Waals surface area contributed by atoms with E-state index in [0.717, 1.165) is 23.1 Å². The van der Waals surface area contributed by atoms with E-state index >= 15 is 0 Å². The van der Waals surface area contributed by atoms with Gasteiger partial charge in [0.25, 0.3) is 5.91 Å². The van der Waals surface area contributed by atoms with Crippen molar-refractivity contribution >= 4 is 40.2 Å². The van der Waals surface area contributed by atoms with Crippen LogP contribution < -0.4 is 11.1 Å². The van der Waals surface area contributed by atoms with Gasteiger partial charge in [0.2, 0.25) is 5.95 Å². The molecule has 2 aromatic heterocycles. The number of fused-ring (bicyclic) bond motifs is 1. The molecule has 0 aliphatic rings. The number of rotatable bonds is 6. The highest BCUT2D eigenvalue weighted by atomic mass is 32.2. The average Bonchev–Trinajstić information content (AvgIpc) is 3.13. The smallest absolute Gasteiger partial charge is 0.251 e. The predicted octanol–water partition coefficient (Wildman–Crippen LogP) is 4.04. The van der Waals surface area contributed by atoms with Crippen LogP contribution in [0.1, 0.15) is 15.9 Å². The fourth-order valence-electron chi connectivity index (χ4n) is 3.04. The van der Waals surface area contributed by atoms with Crippen molar-refractivity contribution in [3.05, 3.63) is 78.2 Å². The second-order valence-electron chi connectivity index (χ2n) is 6.31. The summed E-state index contributed by atoms with van der Waals surface area (Å²) in [5.41, 5.74) is 8.78. The summed E-state index contributed by atoms with van der Waals surface area (Å²) in [6, 6.07) is 16.7. The van der Waals surface area contributed by atoms with E-state index in [1.165, 1.54) is 22.9 Å². The Balaban J connectivity index is 1.59. The summed E-state index contributed by atoms with van der Waals surface area (Å²) in [6.45, 7) is 0.797. The van der Waals surface area contributed by atoms with Crippen LogP contribution in [0.4, 0.5) is 11.6 Å². The largest absolute Gasteiger partial charge is 0.366 e. The molecule has 0 aliphatic heterocycles. The fourth-order valence-corrected chi connectivity index (χ4v) is 3.45. The number of nitrogens with zero attached hydrogens (tertiary/aromatic N) is 3. The lowest BCUT2D eigenvalue weighted by Crippen LogP contribution is -2.12. The topological polar surface area (TPSA) is 85.8 Å². The molecule has 2 heterocycles. The number of nitrogens with two attached hydrogens (primary N) is 1. The van der Waals surface area contributed by atoms with E-state index in [2.05, 4.69) is 68.7 Å². The van der Waals surface area contributed by atoms with Crippen LogP contribution in [0, 0.1) is 0 Å². The molecule has 7 heteroatoms. The highest BCUT2D eigenvalue weighted by molar-refractivity contribution is 7.98. The van der Waals surface area contributed by atoms with Crippen molar-refractivity contribution in [1.29, 1.82) is 0 Å². The number of nitrogens with one attached hydrogen (secondary N) is 1. The molecular formula is C21H19N5OS. The number of hydrogen-bond acceptors (Lipinski definition) is 5. The first-order chi connectivity index (χ1) is 13.6. The lowest BCUT2D eigenvalue weighted by Gasteiger charge is -2.09. The predicted molar refractivity (Wildman–Crippen MR) is 113 cm³/mol. The van der Waals surface area contributed by atoms with Crippen molar-refractivity contribution in [2.24, 2.45) is 5.73 Å². The zero-order valence-electron chi connectivity index (χ0n) is 15.3. The average molecular weight is 389 g/mol. The number of carbonyl (C=O) groups is 1. The number of amides is 1. The minimum Gasteiger partial charge on any atom is -0.366 e. The van der Waals surface area contributed by atoms with Gasteiger partial charge in [-0.3, -0.25) is 4.79 Å². The second kappa shape index (κ2) is 7.74. The SMILES string of the molecule is CSc1ccc(Cn2ccc3c(Nc4ncc(C(N)=O)cn4)cccc32)cc1. The third kappa shape index (κ3) is 3.70. The summed E-state index contributed by atoms with van der Waals surface area (Å²) in [5, 5.41) is 4.29. The maximum Gasteiger partial charge on any atom is 0.251 e. The molecule has 0 saturated heterocycles. The van der Waals surface area contributed by atoms with Gasteiger partial charge >= 0.3 is 0 Å². The molecule has 0 bridgehead atoms. The Labute approximate surface area is 166 Å². The van der Waals surface area contributed by atoms with Crippen molar-refractivity contribution in [3.63, 3.8) is 0 Å². The molecule has 0 spiro atoms. The Bertz CT molecular complexity index is 1120. The summed E-state index contributed by atoms with van der Waals surface area (Å²) in [6.07, 6.45) is 6.99. The van der Waals surface area contributed by atoms with Crippen molar-refractivity contribution in [2.75, 3.05) is 11.6 Å². The molecule has 0 saturated carbocycles. The molecule has 4 rings (SSSR count). The van der Waals surface area contributed by atoms with Gasteiger partial charge in [-0.25, -0.2) is 9.97 Å². The minimum atomic E-state index is -0.545. The van der Waals surface area contributed by atoms with E-state index in [-0.39, 0.29) is 5.56 Å². The molecule has 0 radical (unpaired) electrons. The molecule has 0 unspecified atom stereocenters. The molecule has 4 aromatic rings. The first-order valence-electron chi connectivity index (χ1n) is 8.74. The monoisotopic (exact) mass is 389 g/mol. The molecule has 0 aliphatic carbocycles. The van der Waals surface area contributed by atoms with Crippen LogP contribution >= 0.6 is 11.8 Å². The van der Waals surface area contributed by atoms with Gasteiger partial charge in [0.05, 0.1) is 16.8 Å². The fraction of sp³-hybridized carbons (Fsp3) is 0.0952. The molecule has 0 atom stereocenters. The number of thioether (sulfide) groups is 1. The van der Waals surface area contributed by atoms with Gasteiger partial charge in [0.1, 0.15) is 0 Å². The number of aromatic nitrogens is 3. The number of primary amides is 1. The third-order valence-corrected chi connectivity index (χ3v) is 5.25. The van der Waals surface area contributed by atoms with Gasteiger partial charge in [-0.05, 0) is 42.2 Å². The Hall–Kier alpha value is -3.32. The lowest BCUT2D eigenvalue weighted by atomic mass is 10.2. The van der Waals surface area contributed by atoms with Crippen LogP contribution in [0.15, 0.2) is 72.0 Å². The number of anilines is 2. The van der Waals surface area contributed by atoms with Crippen molar-refractivity contribution in [2.45, 2.75) is 11.4 Å². The van der Waals surface area contributed by atoms with Crippen molar-refractivity contribution in [3.8, 4) is 0 Å². The highest BCUT2D eigenvalue weighted by Crippen LogP contribution is 2.27. The summed E-state index contributed by atoms with van der Waals surface area (Å²) < 4.78 is 2.21. The van der Waals surface area contributed by atoms with Crippen LogP contribution in [0.25, 0.3) is 10.9 Å². The Morgan fingerprint density at radius 1 is 1.11 bits per heavy atom. The quantitative estimate of drug-likeness (QED) is 0.486. The first-order valence-corrected chi connectivity index (χ1v) is 9.96. The Kier molecular flexibility index (Phi) is 4.99. The van der Waals surface area contributed by atoms with Crippen LogP contribution in [0.2, 0.25) is 0 Å². The Morgan fingerprint density at radius 3 is 2.54 bits per heavy atom. The minimum absolute atomic E-state index is 0.280. The zero-order chi connectivity index (χ0) is 19.5. The first kappa shape index (κ1) is 18.1. The van der Waals surface area contributed by atoms with Crippen molar-refractivity contribution < 1.29 is 4.79 Å². The number of hydrogen-bond donors (Lipinski definition) is 2. The molecule has 6 nitrogen and oxygen atoms in total. The summed E-state index contributed by atoms with van der Waals surface area (Å²) in [5.74, 6) is -0.130. The van der Waals surface area contributed by atoms with E-state index in [1.54, 1.807) is 11.8 Å². The van der Waals surface area contributed by atoms with Crippen LogP contribution in [-0.2, 0) is 6.54 Å². The molecule has 1 amide bonds. The van der Waals surface area contributed by atoms with Gasteiger partial charge in [-0.15, -0.1) is 11.8 Å². The third-order valence-electron chi connectivity index (χ3n) is 4.51.